The average molecular weight is 640 g/mol. The maximum atomic E-state index is 12.9. The molecule has 3 rings (SSSR count). The molecular weight excluding hydrogens is 606 g/mol. The molecule has 0 aromatic heterocycles. The van der Waals surface area contributed by atoms with E-state index in [4.69, 9.17) is 23.7 Å². The summed E-state index contributed by atoms with van der Waals surface area (Å²) in [4.78, 5) is 73.4. The first-order chi connectivity index (χ1) is 20.1. The van der Waals surface area contributed by atoms with Crippen LogP contribution in [0.15, 0.2) is 29.4 Å². The minimum Gasteiger partial charge on any atom is -0.462 e. The van der Waals surface area contributed by atoms with Gasteiger partial charge in [0.1, 0.15) is 11.7 Å². The molecule has 43 heavy (non-hydrogen) atoms. The molecule has 1 fully saturated rings. The lowest BCUT2D eigenvalue weighted by Gasteiger charge is -2.36. The third-order valence-corrected chi connectivity index (χ3v) is 8.77. The number of esters is 5. The molecular formula is C27H33N3O11S2. The number of hydrazone groups is 1. The van der Waals surface area contributed by atoms with Crippen molar-refractivity contribution in [3.8, 4) is 0 Å². The second-order valence-electron chi connectivity index (χ2n) is 9.65. The summed E-state index contributed by atoms with van der Waals surface area (Å²) in [6, 6.07) is 6.30. The number of nitrogens with one attached hydrogen (secondary N) is 1. The third-order valence-electron chi connectivity index (χ3n) is 5.92. The molecule has 14 nitrogen and oxygen atoms in total. The van der Waals surface area contributed by atoms with Crippen molar-refractivity contribution in [1.82, 2.24) is 10.3 Å². The van der Waals surface area contributed by atoms with Crippen molar-refractivity contribution in [2.45, 2.75) is 82.6 Å². The zero-order valence-corrected chi connectivity index (χ0v) is 26.2. The second kappa shape index (κ2) is 14.2. The smallest absolute Gasteiger partial charge is 0.303 e. The Hall–Kier alpha value is -3.63. The minimum atomic E-state index is -1.55. The molecule has 234 valence electrons. The van der Waals surface area contributed by atoms with Crippen molar-refractivity contribution < 1.29 is 52.5 Å². The molecule has 0 aliphatic carbocycles. The predicted molar refractivity (Wildman–Crippen MR) is 154 cm³/mol. The fraction of sp³-hybridized carbons (Fsp3) is 0.519. The van der Waals surface area contributed by atoms with Crippen molar-refractivity contribution >= 4 is 64.3 Å². The van der Waals surface area contributed by atoms with E-state index in [-0.39, 0.29) is 0 Å². The standard InChI is InChI=1S/C27H33N3O11S2/c1-13-8-10-20(11-9-13)25-29-30(14(2)31)27(42-25)28-22(26(43-27)41-19(7)36)24(40-18(6)35)23(39-17(5)34)21(38-16(4)33)12-37-15(3)32/h8-11,21-24,26,28H,12H2,1-7H3/t21-,22?,23+,24+,26?,27?/m1/s1. The molecule has 1 aromatic rings. The minimum absolute atomic E-state index is 0.454. The summed E-state index contributed by atoms with van der Waals surface area (Å²) in [7, 11) is 0. The summed E-state index contributed by atoms with van der Waals surface area (Å²) in [5, 5.41) is 9.41. The van der Waals surface area contributed by atoms with Gasteiger partial charge in [0.05, 0.1) is 6.04 Å². The number of carbonyl (C=O) groups excluding carboxylic acids is 6. The van der Waals surface area contributed by atoms with Crippen LogP contribution in [0, 0.1) is 6.92 Å². The van der Waals surface area contributed by atoms with E-state index in [1.807, 2.05) is 31.2 Å². The number of amides is 1. The van der Waals surface area contributed by atoms with E-state index < -0.39 is 76.5 Å². The van der Waals surface area contributed by atoms with Crippen LogP contribution in [0.4, 0.5) is 0 Å². The SMILES string of the molecule is CC(=O)OC[C@@H](OC(C)=O)[C@H](OC(C)=O)[C@@H](OC(C)=O)C1NC2(SC(c3ccc(C)cc3)=NN2C(C)=O)SC1OC(C)=O. The van der Waals surface area contributed by atoms with Gasteiger partial charge < -0.3 is 23.7 Å². The van der Waals surface area contributed by atoms with Crippen molar-refractivity contribution in [3.05, 3.63) is 35.4 Å². The number of thioether (sulfide) groups is 2. The van der Waals surface area contributed by atoms with Gasteiger partial charge in [-0.05, 0) is 18.7 Å². The summed E-state index contributed by atoms with van der Waals surface area (Å²) in [5.41, 5.74) is 0.596. The highest BCUT2D eigenvalue weighted by Crippen LogP contribution is 2.53. The average Bonchev–Trinajstić information content (AvgIpc) is 3.43. The van der Waals surface area contributed by atoms with Crippen LogP contribution in [0.1, 0.15) is 52.7 Å². The largest absolute Gasteiger partial charge is 0.462 e. The number of rotatable bonds is 10. The summed E-state index contributed by atoms with van der Waals surface area (Å²) in [5.74, 6) is -4.32. The third kappa shape index (κ3) is 8.70. The topological polar surface area (TPSA) is 176 Å². The van der Waals surface area contributed by atoms with Crippen LogP contribution in [0.5, 0.6) is 0 Å². The van der Waals surface area contributed by atoms with Crippen LogP contribution in [0.25, 0.3) is 0 Å². The lowest BCUT2D eigenvalue weighted by Crippen LogP contribution is -2.60. The highest BCUT2D eigenvalue weighted by Gasteiger charge is 2.61. The Kier molecular flexibility index (Phi) is 11.2. The van der Waals surface area contributed by atoms with Gasteiger partial charge in [-0.1, -0.05) is 41.6 Å². The first kappa shape index (κ1) is 33.9. The Balaban J connectivity index is 2.10. The number of hydrogen-bond donors (Lipinski definition) is 1. The number of nitrogens with zero attached hydrogens (tertiary/aromatic N) is 2. The van der Waals surface area contributed by atoms with E-state index in [1.54, 1.807) is 0 Å². The summed E-state index contributed by atoms with van der Waals surface area (Å²) < 4.78 is 25.8. The molecule has 0 radical (unpaired) electrons. The predicted octanol–water partition coefficient (Wildman–Crippen LogP) is 1.82. The molecule has 16 heteroatoms. The Morgan fingerprint density at radius 1 is 0.884 bits per heavy atom. The molecule has 0 saturated carbocycles. The van der Waals surface area contributed by atoms with Gasteiger partial charge in [0, 0.05) is 47.1 Å². The number of aryl methyl sites for hydroxylation is 1. The molecule has 1 amide bonds. The van der Waals surface area contributed by atoms with Gasteiger partial charge in [0.2, 0.25) is 10.2 Å². The lowest BCUT2D eigenvalue weighted by atomic mass is 10.0. The number of benzene rings is 1. The molecule has 2 heterocycles. The van der Waals surface area contributed by atoms with Gasteiger partial charge in [-0.25, -0.2) is 0 Å². The van der Waals surface area contributed by atoms with Crippen LogP contribution in [0.2, 0.25) is 0 Å². The van der Waals surface area contributed by atoms with Gasteiger partial charge >= 0.3 is 29.8 Å². The van der Waals surface area contributed by atoms with Crippen LogP contribution in [0.3, 0.4) is 0 Å². The highest BCUT2D eigenvalue weighted by atomic mass is 32.2. The van der Waals surface area contributed by atoms with Crippen LogP contribution < -0.4 is 5.32 Å². The molecule has 1 spiro atoms. The molecule has 2 aliphatic heterocycles. The van der Waals surface area contributed by atoms with E-state index >= 15 is 0 Å². The van der Waals surface area contributed by atoms with E-state index in [0.717, 1.165) is 62.3 Å². The van der Waals surface area contributed by atoms with Gasteiger partial charge in [-0.3, -0.25) is 34.1 Å². The van der Waals surface area contributed by atoms with Crippen molar-refractivity contribution in [1.29, 1.82) is 0 Å². The molecule has 1 aromatic carbocycles. The van der Waals surface area contributed by atoms with E-state index in [1.165, 1.54) is 18.9 Å². The fourth-order valence-corrected chi connectivity index (χ4v) is 7.48. The molecule has 1 saturated heterocycles. The first-order valence-electron chi connectivity index (χ1n) is 13.0. The number of carbonyl (C=O) groups is 6. The maximum absolute atomic E-state index is 12.9. The quantitative estimate of drug-likeness (QED) is 0.290. The zero-order chi connectivity index (χ0) is 32.1. The molecule has 6 atom stereocenters. The Labute approximate surface area is 256 Å². The highest BCUT2D eigenvalue weighted by molar-refractivity contribution is 8.26. The van der Waals surface area contributed by atoms with Crippen LogP contribution in [-0.4, -0.2) is 86.5 Å². The molecule has 0 bridgehead atoms. The molecule has 2 aliphatic rings. The maximum Gasteiger partial charge on any atom is 0.303 e. The van der Waals surface area contributed by atoms with E-state index in [9.17, 15) is 28.8 Å². The summed E-state index contributed by atoms with van der Waals surface area (Å²) >= 11 is 2.16. The second-order valence-corrected chi connectivity index (χ2v) is 12.4. The number of hydrogen-bond acceptors (Lipinski definition) is 15. The van der Waals surface area contributed by atoms with Gasteiger partial charge in [-0.15, -0.1) is 0 Å². The summed E-state index contributed by atoms with van der Waals surface area (Å²) in [6.07, 6.45) is -4.48. The monoisotopic (exact) mass is 639 g/mol. The zero-order valence-electron chi connectivity index (χ0n) is 24.6. The van der Waals surface area contributed by atoms with Gasteiger partial charge in [0.15, 0.2) is 23.7 Å². The Morgan fingerprint density at radius 3 is 2.00 bits per heavy atom. The van der Waals surface area contributed by atoms with Gasteiger partial charge in [0.25, 0.3) is 0 Å². The lowest BCUT2D eigenvalue weighted by molar-refractivity contribution is -0.193. The molecule has 3 unspecified atom stereocenters. The van der Waals surface area contributed by atoms with Crippen LogP contribution >= 0.6 is 23.5 Å². The van der Waals surface area contributed by atoms with Crippen molar-refractivity contribution in [2.75, 3.05) is 6.61 Å². The molecule has 1 N–H and O–H groups in total. The Morgan fingerprint density at radius 2 is 1.49 bits per heavy atom. The van der Waals surface area contributed by atoms with Crippen molar-refractivity contribution in [2.24, 2.45) is 5.10 Å². The number of ether oxygens (including phenoxy) is 5. The van der Waals surface area contributed by atoms with Crippen LogP contribution in [-0.2, 0) is 52.5 Å². The summed E-state index contributed by atoms with van der Waals surface area (Å²) in [6.45, 7) is 8.27. The van der Waals surface area contributed by atoms with Crippen molar-refractivity contribution in [3.63, 3.8) is 0 Å². The Bertz CT molecular complexity index is 1310. The van der Waals surface area contributed by atoms with Gasteiger partial charge in [-0.2, -0.15) is 10.1 Å². The van der Waals surface area contributed by atoms with E-state index in [0.29, 0.717) is 5.04 Å². The normalized spacial score (nSPS) is 23.0. The fourth-order valence-electron chi connectivity index (χ4n) is 4.34. The van der Waals surface area contributed by atoms with E-state index in [2.05, 4.69) is 10.4 Å². The first-order valence-corrected chi connectivity index (χ1v) is 14.7.